The van der Waals surface area contributed by atoms with Gasteiger partial charge in [-0.1, -0.05) is 31.5 Å². The number of aryl methyl sites for hydroxylation is 1. The van der Waals surface area contributed by atoms with Crippen LogP contribution < -0.4 is 0 Å². The van der Waals surface area contributed by atoms with Gasteiger partial charge in [0.2, 0.25) is 0 Å². The van der Waals surface area contributed by atoms with E-state index < -0.39 is 5.97 Å². The molecule has 3 heteroatoms. The molecular formula is C11H15ClO2. The summed E-state index contributed by atoms with van der Waals surface area (Å²) < 4.78 is 0. The maximum absolute atomic E-state index is 10.4. The zero-order chi connectivity index (χ0) is 11.1. The highest BCUT2D eigenvalue weighted by molar-refractivity contribution is 6.30. The lowest BCUT2D eigenvalue weighted by Gasteiger charge is -2.02. The fraction of sp³-hybridized carbons (Fsp3) is 0.364. The summed E-state index contributed by atoms with van der Waals surface area (Å²) in [6, 6.07) is 5.26. The predicted octanol–water partition coefficient (Wildman–Crippen LogP) is 3.30. The minimum Gasteiger partial charge on any atom is -0.481 e. The Morgan fingerprint density at radius 3 is 2.50 bits per heavy atom. The average molecular weight is 215 g/mol. The summed E-state index contributed by atoms with van der Waals surface area (Å²) in [5.74, 6) is -0.833. The molecule has 0 aromatic heterocycles. The van der Waals surface area contributed by atoms with Gasteiger partial charge < -0.3 is 5.11 Å². The number of aliphatic carboxylic acids is 1. The van der Waals surface area contributed by atoms with E-state index in [2.05, 4.69) is 0 Å². The molecule has 0 bridgehead atoms. The third kappa shape index (κ3) is 4.28. The summed E-state index contributed by atoms with van der Waals surface area (Å²) in [6.45, 7) is 5.87. The van der Waals surface area contributed by atoms with E-state index in [0.29, 0.717) is 5.02 Å². The van der Waals surface area contributed by atoms with E-state index in [1.165, 1.54) is 0 Å². The zero-order valence-electron chi connectivity index (χ0n) is 8.67. The minimum atomic E-state index is -0.833. The van der Waals surface area contributed by atoms with Crippen LogP contribution in [-0.2, 0) is 11.2 Å². The number of hydrogen-bond donors (Lipinski definition) is 1. The van der Waals surface area contributed by atoms with Crippen LogP contribution in [0.4, 0.5) is 0 Å². The van der Waals surface area contributed by atoms with Gasteiger partial charge in [-0.2, -0.15) is 0 Å². The van der Waals surface area contributed by atoms with Crippen molar-refractivity contribution in [3.63, 3.8) is 0 Å². The highest BCUT2D eigenvalue weighted by Gasteiger charge is 2.03. The van der Waals surface area contributed by atoms with Gasteiger partial charge in [-0.25, -0.2) is 0 Å². The number of benzene rings is 1. The molecule has 2 nitrogen and oxygen atoms in total. The van der Waals surface area contributed by atoms with Gasteiger partial charge in [-0.15, -0.1) is 0 Å². The molecule has 0 saturated heterocycles. The largest absolute Gasteiger partial charge is 0.481 e. The topological polar surface area (TPSA) is 37.3 Å². The van der Waals surface area contributed by atoms with Gasteiger partial charge in [0, 0.05) is 5.02 Å². The van der Waals surface area contributed by atoms with Crippen molar-refractivity contribution < 1.29 is 9.90 Å². The first-order valence-corrected chi connectivity index (χ1v) is 4.94. The van der Waals surface area contributed by atoms with Gasteiger partial charge in [0.1, 0.15) is 0 Å². The van der Waals surface area contributed by atoms with Crippen molar-refractivity contribution in [2.24, 2.45) is 0 Å². The molecule has 0 spiro atoms. The Labute approximate surface area is 89.5 Å². The summed E-state index contributed by atoms with van der Waals surface area (Å²) in [6.07, 6.45) is 0.0341. The molecule has 1 rings (SSSR count). The summed E-state index contributed by atoms with van der Waals surface area (Å²) in [5, 5.41) is 9.12. The molecule has 0 amide bonds. The van der Waals surface area contributed by atoms with Gasteiger partial charge >= 0.3 is 5.97 Å². The Balaban J connectivity index is 0.000000791. The highest BCUT2D eigenvalue weighted by atomic mass is 35.5. The lowest BCUT2D eigenvalue weighted by molar-refractivity contribution is -0.136. The standard InChI is InChI=1S/C9H9ClO2.C2H6/c1-6-2-3-8(10)4-7(6)5-9(11)12;1-2/h2-4H,5H2,1H3,(H,11,12);1-2H3. The lowest BCUT2D eigenvalue weighted by atomic mass is 10.1. The second-order valence-electron chi connectivity index (χ2n) is 2.64. The Kier molecular flexibility index (Phi) is 5.97. The SMILES string of the molecule is CC.Cc1ccc(Cl)cc1CC(=O)O. The van der Waals surface area contributed by atoms with Crippen LogP contribution in [0.5, 0.6) is 0 Å². The van der Waals surface area contributed by atoms with Crippen molar-refractivity contribution in [1.82, 2.24) is 0 Å². The smallest absolute Gasteiger partial charge is 0.307 e. The first-order valence-electron chi connectivity index (χ1n) is 4.56. The molecule has 0 saturated carbocycles. The Morgan fingerprint density at radius 1 is 1.43 bits per heavy atom. The molecular weight excluding hydrogens is 200 g/mol. The van der Waals surface area contributed by atoms with E-state index in [4.69, 9.17) is 16.7 Å². The van der Waals surface area contributed by atoms with Crippen LogP contribution >= 0.6 is 11.6 Å². The van der Waals surface area contributed by atoms with Crippen molar-refractivity contribution >= 4 is 17.6 Å². The van der Waals surface area contributed by atoms with Gasteiger partial charge in [-0.3, -0.25) is 4.79 Å². The Morgan fingerprint density at radius 2 is 2.00 bits per heavy atom. The van der Waals surface area contributed by atoms with Crippen molar-refractivity contribution in [1.29, 1.82) is 0 Å². The fourth-order valence-corrected chi connectivity index (χ4v) is 1.19. The van der Waals surface area contributed by atoms with E-state index in [1.807, 2.05) is 26.8 Å². The molecule has 0 fully saturated rings. The number of carbonyl (C=O) groups is 1. The number of halogens is 1. The van der Waals surface area contributed by atoms with Crippen LogP contribution in [-0.4, -0.2) is 11.1 Å². The molecule has 0 aliphatic rings. The third-order valence-corrected chi connectivity index (χ3v) is 1.89. The van der Waals surface area contributed by atoms with Crippen LogP contribution in [0.3, 0.4) is 0 Å². The Hall–Kier alpha value is -1.02. The van der Waals surface area contributed by atoms with E-state index in [-0.39, 0.29) is 6.42 Å². The first kappa shape index (κ1) is 13.0. The van der Waals surface area contributed by atoms with E-state index >= 15 is 0 Å². The second kappa shape index (κ2) is 6.44. The second-order valence-corrected chi connectivity index (χ2v) is 3.08. The summed E-state index contributed by atoms with van der Waals surface area (Å²) in [5.41, 5.74) is 1.73. The van der Waals surface area contributed by atoms with Crippen LogP contribution in [0, 0.1) is 6.92 Å². The van der Waals surface area contributed by atoms with Crippen LogP contribution in [0.15, 0.2) is 18.2 Å². The molecule has 1 aromatic rings. The molecule has 78 valence electrons. The van der Waals surface area contributed by atoms with E-state index in [1.54, 1.807) is 12.1 Å². The molecule has 0 unspecified atom stereocenters. The summed E-state index contributed by atoms with van der Waals surface area (Å²) in [4.78, 5) is 10.4. The van der Waals surface area contributed by atoms with Gasteiger partial charge in [0.05, 0.1) is 6.42 Å². The molecule has 0 atom stereocenters. The minimum absolute atomic E-state index is 0.0341. The Bertz CT molecular complexity index is 308. The molecule has 0 aliphatic carbocycles. The van der Waals surface area contributed by atoms with E-state index in [9.17, 15) is 4.79 Å². The van der Waals surface area contributed by atoms with Crippen LogP contribution in [0.1, 0.15) is 25.0 Å². The molecule has 0 radical (unpaired) electrons. The summed E-state index contributed by atoms with van der Waals surface area (Å²) in [7, 11) is 0. The number of carboxylic acid groups (broad SMARTS) is 1. The lowest BCUT2D eigenvalue weighted by Crippen LogP contribution is -2.01. The number of rotatable bonds is 2. The maximum Gasteiger partial charge on any atom is 0.307 e. The fourth-order valence-electron chi connectivity index (χ4n) is 0.993. The number of carboxylic acids is 1. The third-order valence-electron chi connectivity index (χ3n) is 1.65. The van der Waals surface area contributed by atoms with Crippen LogP contribution in [0.2, 0.25) is 5.02 Å². The molecule has 1 N–H and O–H groups in total. The monoisotopic (exact) mass is 214 g/mol. The molecule has 14 heavy (non-hydrogen) atoms. The molecule has 0 heterocycles. The van der Waals surface area contributed by atoms with E-state index in [0.717, 1.165) is 11.1 Å². The molecule has 1 aromatic carbocycles. The van der Waals surface area contributed by atoms with Gasteiger partial charge in [0.15, 0.2) is 0 Å². The normalized spacial score (nSPS) is 8.86. The highest BCUT2D eigenvalue weighted by Crippen LogP contribution is 2.15. The predicted molar refractivity (Wildman–Crippen MR) is 58.9 cm³/mol. The van der Waals surface area contributed by atoms with Crippen molar-refractivity contribution in [3.05, 3.63) is 34.3 Å². The van der Waals surface area contributed by atoms with Gasteiger partial charge in [-0.05, 0) is 30.2 Å². The molecule has 0 aliphatic heterocycles. The first-order chi connectivity index (χ1) is 6.59. The van der Waals surface area contributed by atoms with Crippen molar-refractivity contribution in [3.8, 4) is 0 Å². The quantitative estimate of drug-likeness (QED) is 0.820. The zero-order valence-corrected chi connectivity index (χ0v) is 9.43. The van der Waals surface area contributed by atoms with Crippen molar-refractivity contribution in [2.75, 3.05) is 0 Å². The maximum atomic E-state index is 10.4. The van der Waals surface area contributed by atoms with Gasteiger partial charge in [0.25, 0.3) is 0 Å². The van der Waals surface area contributed by atoms with Crippen LogP contribution in [0.25, 0.3) is 0 Å². The summed E-state index contributed by atoms with van der Waals surface area (Å²) >= 11 is 5.71. The number of hydrogen-bond acceptors (Lipinski definition) is 1. The average Bonchev–Trinajstić information content (AvgIpc) is 2.14. The van der Waals surface area contributed by atoms with Crippen molar-refractivity contribution in [2.45, 2.75) is 27.2 Å².